The standard InChI is InChI=1S/C23H27ClN2O3S/c1-25(16-20-5-2-3-8-22(20)24)23(27)18-11-13-26(14-12-18)30(28,29)21-10-9-17-6-4-7-19(17)15-21/h2-3,5,8-10,15,18H,4,6-7,11-14,16H2,1H3. The Bertz CT molecular complexity index is 1050. The third-order valence-corrected chi connectivity index (χ3v) is 8.52. The maximum Gasteiger partial charge on any atom is 0.243 e. The number of sulfonamides is 1. The SMILES string of the molecule is CN(Cc1ccccc1Cl)C(=O)C1CCN(S(=O)(=O)c2ccc3c(c2)CCC3)CC1. The van der Waals surface area contributed by atoms with Crippen LogP contribution in [0.3, 0.4) is 0 Å². The molecule has 0 radical (unpaired) electrons. The second kappa shape index (κ2) is 8.69. The molecule has 0 atom stereocenters. The van der Waals surface area contributed by atoms with Crippen LogP contribution < -0.4 is 0 Å². The fourth-order valence-corrected chi connectivity index (χ4v) is 6.19. The molecule has 1 aliphatic carbocycles. The van der Waals surface area contributed by atoms with Crippen molar-refractivity contribution in [3.63, 3.8) is 0 Å². The zero-order chi connectivity index (χ0) is 21.3. The first-order valence-electron chi connectivity index (χ1n) is 10.5. The third-order valence-electron chi connectivity index (χ3n) is 6.25. The van der Waals surface area contributed by atoms with Gasteiger partial charge in [0, 0.05) is 37.6 Å². The first kappa shape index (κ1) is 21.3. The summed E-state index contributed by atoms with van der Waals surface area (Å²) in [5.41, 5.74) is 3.33. The maximum atomic E-state index is 13.1. The molecular formula is C23H27ClN2O3S. The summed E-state index contributed by atoms with van der Waals surface area (Å²) >= 11 is 6.21. The van der Waals surface area contributed by atoms with Crippen LogP contribution in [-0.2, 0) is 34.2 Å². The molecule has 0 aromatic heterocycles. The molecule has 1 aliphatic heterocycles. The van der Waals surface area contributed by atoms with Gasteiger partial charge >= 0.3 is 0 Å². The summed E-state index contributed by atoms with van der Waals surface area (Å²) < 4.78 is 27.7. The Kier molecular flexibility index (Phi) is 6.19. The molecule has 30 heavy (non-hydrogen) atoms. The van der Waals surface area contributed by atoms with Crippen molar-refractivity contribution in [1.29, 1.82) is 0 Å². The quantitative estimate of drug-likeness (QED) is 0.700. The Hall–Kier alpha value is -1.89. The first-order valence-corrected chi connectivity index (χ1v) is 12.3. The third kappa shape index (κ3) is 4.27. The summed E-state index contributed by atoms with van der Waals surface area (Å²) in [6.07, 6.45) is 4.15. The summed E-state index contributed by atoms with van der Waals surface area (Å²) in [6, 6.07) is 13.0. The van der Waals surface area contributed by atoms with Gasteiger partial charge in [0.05, 0.1) is 4.90 Å². The molecule has 2 aromatic rings. The van der Waals surface area contributed by atoms with Crippen molar-refractivity contribution in [2.24, 2.45) is 5.92 Å². The number of piperidine rings is 1. The zero-order valence-corrected chi connectivity index (χ0v) is 18.8. The molecule has 2 aliphatic rings. The molecule has 0 saturated carbocycles. The van der Waals surface area contributed by atoms with Crippen molar-refractivity contribution in [1.82, 2.24) is 9.21 Å². The minimum absolute atomic E-state index is 0.0458. The lowest BCUT2D eigenvalue weighted by Crippen LogP contribution is -2.43. The van der Waals surface area contributed by atoms with Gasteiger partial charge in [-0.3, -0.25) is 4.79 Å². The van der Waals surface area contributed by atoms with Gasteiger partial charge in [-0.2, -0.15) is 4.31 Å². The molecule has 1 fully saturated rings. The van der Waals surface area contributed by atoms with E-state index in [0.717, 1.165) is 30.4 Å². The van der Waals surface area contributed by atoms with Crippen molar-refractivity contribution in [3.8, 4) is 0 Å². The van der Waals surface area contributed by atoms with Gasteiger partial charge < -0.3 is 4.90 Å². The lowest BCUT2D eigenvalue weighted by molar-refractivity contribution is -0.135. The van der Waals surface area contributed by atoms with Crippen LogP contribution >= 0.6 is 11.6 Å². The Morgan fingerprint density at radius 1 is 1.10 bits per heavy atom. The average molecular weight is 447 g/mol. The highest BCUT2D eigenvalue weighted by Crippen LogP contribution is 2.29. The van der Waals surface area contributed by atoms with E-state index in [0.29, 0.717) is 42.4 Å². The van der Waals surface area contributed by atoms with Crippen LogP contribution in [0.2, 0.25) is 5.02 Å². The molecule has 1 saturated heterocycles. The largest absolute Gasteiger partial charge is 0.341 e. The summed E-state index contributed by atoms with van der Waals surface area (Å²) in [5, 5.41) is 0.646. The van der Waals surface area contributed by atoms with Gasteiger partial charge in [0.15, 0.2) is 0 Å². The van der Waals surface area contributed by atoms with E-state index in [4.69, 9.17) is 11.6 Å². The van der Waals surface area contributed by atoms with Gasteiger partial charge in [0.25, 0.3) is 0 Å². The topological polar surface area (TPSA) is 57.7 Å². The summed E-state index contributed by atoms with van der Waals surface area (Å²) in [5.74, 6) is -0.117. The average Bonchev–Trinajstić information content (AvgIpc) is 3.23. The predicted molar refractivity (Wildman–Crippen MR) is 118 cm³/mol. The fraction of sp³-hybridized carbons (Fsp3) is 0.435. The van der Waals surface area contributed by atoms with Gasteiger partial charge in [-0.25, -0.2) is 8.42 Å². The maximum absolute atomic E-state index is 13.1. The van der Waals surface area contributed by atoms with E-state index >= 15 is 0 Å². The van der Waals surface area contributed by atoms with Gasteiger partial charge in [-0.15, -0.1) is 0 Å². The fourth-order valence-electron chi connectivity index (χ4n) is 4.47. The number of carbonyl (C=O) groups is 1. The van der Waals surface area contributed by atoms with Crippen LogP contribution in [0.5, 0.6) is 0 Å². The van der Waals surface area contributed by atoms with E-state index in [2.05, 4.69) is 0 Å². The van der Waals surface area contributed by atoms with E-state index in [9.17, 15) is 13.2 Å². The van der Waals surface area contributed by atoms with E-state index in [1.165, 1.54) is 9.87 Å². The van der Waals surface area contributed by atoms with Crippen molar-refractivity contribution < 1.29 is 13.2 Å². The Balaban J connectivity index is 1.38. The molecule has 1 amide bonds. The second-order valence-electron chi connectivity index (χ2n) is 8.25. The molecular weight excluding hydrogens is 420 g/mol. The monoisotopic (exact) mass is 446 g/mol. The Labute approximate surface area is 183 Å². The molecule has 5 nitrogen and oxygen atoms in total. The van der Waals surface area contributed by atoms with Crippen LogP contribution in [0.15, 0.2) is 47.4 Å². The van der Waals surface area contributed by atoms with Crippen molar-refractivity contribution >= 4 is 27.5 Å². The number of benzene rings is 2. The van der Waals surface area contributed by atoms with Crippen LogP contribution in [-0.4, -0.2) is 43.7 Å². The van der Waals surface area contributed by atoms with E-state index in [-0.39, 0.29) is 11.8 Å². The number of hydrogen-bond acceptors (Lipinski definition) is 3. The molecule has 0 N–H and O–H groups in total. The number of nitrogens with zero attached hydrogens (tertiary/aromatic N) is 2. The van der Waals surface area contributed by atoms with Gasteiger partial charge in [0.2, 0.25) is 15.9 Å². The Morgan fingerprint density at radius 3 is 2.53 bits per heavy atom. The number of amides is 1. The minimum Gasteiger partial charge on any atom is -0.341 e. The Morgan fingerprint density at radius 2 is 1.80 bits per heavy atom. The highest BCUT2D eigenvalue weighted by atomic mass is 35.5. The van der Waals surface area contributed by atoms with E-state index in [1.807, 2.05) is 36.4 Å². The molecule has 0 bridgehead atoms. The van der Waals surface area contributed by atoms with Crippen molar-refractivity contribution in [3.05, 3.63) is 64.2 Å². The molecule has 7 heteroatoms. The van der Waals surface area contributed by atoms with Crippen molar-refractivity contribution in [2.75, 3.05) is 20.1 Å². The van der Waals surface area contributed by atoms with Gasteiger partial charge in [0.1, 0.15) is 0 Å². The first-order chi connectivity index (χ1) is 14.4. The second-order valence-corrected chi connectivity index (χ2v) is 10.6. The summed E-state index contributed by atoms with van der Waals surface area (Å²) in [4.78, 5) is 15.0. The lowest BCUT2D eigenvalue weighted by Gasteiger charge is -2.32. The number of halogens is 1. The number of carbonyl (C=O) groups excluding carboxylic acids is 1. The van der Waals surface area contributed by atoms with Crippen LogP contribution in [0.25, 0.3) is 0 Å². The van der Waals surface area contributed by atoms with Crippen molar-refractivity contribution in [2.45, 2.75) is 43.5 Å². The molecule has 4 rings (SSSR count). The zero-order valence-electron chi connectivity index (χ0n) is 17.2. The van der Waals surface area contributed by atoms with Crippen LogP contribution in [0.4, 0.5) is 0 Å². The molecule has 0 spiro atoms. The number of aryl methyl sites for hydroxylation is 2. The highest BCUT2D eigenvalue weighted by molar-refractivity contribution is 7.89. The molecule has 1 heterocycles. The summed E-state index contributed by atoms with van der Waals surface area (Å²) in [6.45, 7) is 1.19. The highest BCUT2D eigenvalue weighted by Gasteiger charge is 2.33. The minimum atomic E-state index is -3.52. The number of fused-ring (bicyclic) bond motifs is 1. The normalized spacial score (nSPS) is 17.7. The van der Waals surface area contributed by atoms with Gasteiger partial charge in [-0.1, -0.05) is 35.9 Å². The number of hydrogen-bond donors (Lipinski definition) is 0. The van der Waals surface area contributed by atoms with Crippen LogP contribution in [0, 0.1) is 5.92 Å². The van der Waals surface area contributed by atoms with E-state index in [1.54, 1.807) is 18.0 Å². The predicted octanol–water partition coefficient (Wildman–Crippen LogP) is 3.89. The molecule has 160 valence electrons. The molecule has 2 aromatic carbocycles. The summed E-state index contributed by atoms with van der Waals surface area (Å²) in [7, 11) is -1.74. The molecule has 0 unspecified atom stereocenters. The van der Waals surface area contributed by atoms with Gasteiger partial charge in [-0.05, 0) is 67.0 Å². The van der Waals surface area contributed by atoms with E-state index < -0.39 is 10.0 Å². The lowest BCUT2D eigenvalue weighted by atomic mass is 9.96. The van der Waals surface area contributed by atoms with Crippen LogP contribution in [0.1, 0.15) is 36.0 Å². The number of rotatable bonds is 5. The smallest absolute Gasteiger partial charge is 0.243 e.